The lowest BCUT2D eigenvalue weighted by atomic mass is 9.78. The van der Waals surface area contributed by atoms with Gasteiger partial charge in [0.25, 0.3) is 0 Å². The highest BCUT2D eigenvalue weighted by Crippen LogP contribution is 2.44. The molecule has 1 aromatic carbocycles. The van der Waals surface area contributed by atoms with Gasteiger partial charge in [-0.2, -0.15) is 0 Å². The van der Waals surface area contributed by atoms with Crippen LogP contribution >= 0.6 is 0 Å². The predicted octanol–water partition coefficient (Wildman–Crippen LogP) is 2.12. The van der Waals surface area contributed by atoms with Crippen LogP contribution in [0.3, 0.4) is 0 Å². The molecule has 21 heavy (non-hydrogen) atoms. The van der Waals surface area contributed by atoms with Crippen LogP contribution in [0.4, 0.5) is 5.69 Å². The van der Waals surface area contributed by atoms with Crippen LogP contribution in [0.25, 0.3) is 0 Å². The number of anilines is 1. The van der Waals surface area contributed by atoms with Crippen LogP contribution < -0.4 is 5.32 Å². The molecule has 0 spiro atoms. The van der Waals surface area contributed by atoms with Gasteiger partial charge in [-0.25, -0.2) is 0 Å². The van der Waals surface area contributed by atoms with E-state index >= 15 is 0 Å². The molecule has 112 valence electrons. The van der Waals surface area contributed by atoms with Crippen molar-refractivity contribution in [3.63, 3.8) is 0 Å². The maximum absolute atomic E-state index is 12.5. The fraction of sp³-hybridized carbons (Fsp3) is 0.500. The number of ether oxygens (including phenoxy) is 1. The van der Waals surface area contributed by atoms with Crippen molar-refractivity contribution in [2.45, 2.75) is 38.9 Å². The van der Waals surface area contributed by atoms with Crippen molar-refractivity contribution in [1.29, 1.82) is 0 Å². The second-order valence-corrected chi connectivity index (χ2v) is 5.97. The van der Waals surface area contributed by atoms with E-state index in [9.17, 15) is 14.7 Å². The third kappa shape index (κ3) is 2.42. The van der Waals surface area contributed by atoms with Crippen molar-refractivity contribution >= 4 is 17.6 Å². The summed E-state index contributed by atoms with van der Waals surface area (Å²) in [6.07, 6.45) is 0.916. The van der Waals surface area contributed by atoms with Crippen LogP contribution in [0, 0.1) is 25.7 Å². The van der Waals surface area contributed by atoms with Gasteiger partial charge in [0.05, 0.1) is 24.0 Å². The van der Waals surface area contributed by atoms with Crippen LogP contribution in [-0.2, 0) is 14.3 Å². The van der Waals surface area contributed by atoms with Crippen LogP contribution in [0.2, 0.25) is 0 Å². The topological polar surface area (TPSA) is 75.6 Å². The summed E-state index contributed by atoms with van der Waals surface area (Å²) in [6.45, 7) is 3.98. The number of fused-ring (bicyclic) bond motifs is 2. The van der Waals surface area contributed by atoms with Gasteiger partial charge < -0.3 is 15.2 Å². The Labute approximate surface area is 123 Å². The SMILES string of the molecule is Cc1ccc(NC(=O)[C@H]2[C@@H](C(=O)O)[C@H]3CC[C@H]2O3)cc1C. The Morgan fingerprint density at radius 3 is 2.43 bits per heavy atom. The largest absolute Gasteiger partial charge is 0.481 e. The second kappa shape index (κ2) is 5.15. The lowest BCUT2D eigenvalue weighted by molar-refractivity contribution is -0.147. The number of carbonyl (C=O) groups is 2. The maximum atomic E-state index is 12.5. The lowest BCUT2D eigenvalue weighted by Gasteiger charge is -2.24. The molecule has 2 fully saturated rings. The molecule has 2 saturated heterocycles. The predicted molar refractivity (Wildman–Crippen MR) is 77.1 cm³/mol. The highest BCUT2D eigenvalue weighted by atomic mass is 16.5. The Kier molecular flexibility index (Phi) is 3.45. The summed E-state index contributed by atoms with van der Waals surface area (Å²) in [5.41, 5.74) is 2.95. The lowest BCUT2D eigenvalue weighted by Crippen LogP contribution is -2.40. The molecule has 2 heterocycles. The van der Waals surface area contributed by atoms with Gasteiger partial charge in [-0.3, -0.25) is 9.59 Å². The molecule has 2 bridgehead atoms. The third-order valence-electron chi connectivity index (χ3n) is 4.64. The van der Waals surface area contributed by atoms with Gasteiger partial charge in [0, 0.05) is 5.69 Å². The third-order valence-corrected chi connectivity index (χ3v) is 4.64. The van der Waals surface area contributed by atoms with Crippen molar-refractivity contribution in [1.82, 2.24) is 0 Å². The number of rotatable bonds is 3. The fourth-order valence-electron chi connectivity index (χ4n) is 3.37. The molecule has 2 aliphatic rings. The summed E-state index contributed by atoms with van der Waals surface area (Å²) >= 11 is 0. The molecule has 0 aliphatic carbocycles. The van der Waals surface area contributed by atoms with Crippen molar-refractivity contribution in [2.75, 3.05) is 5.32 Å². The van der Waals surface area contributed by atoms with Gasteiger partial charge in [0.15, 0.2) is 0 Å². The molecule has 0 saturated carbocycles. The van der Waals surface area contributed by atoms with E-state index < -0.39 is 17.8 Å². The first-order chi connectivity index (χ1) is 9.97. The number of carboxylic acids is 1. The number of nitrogens with one attached hydrogen (secondary N) is 1. The monoisotopic (exact) mass is 289 g/mol. The summed E-state index contributed by atoms with van der Waals surface area (Å²) in [5.74, 6) is -2.52. The van der Waals surface area contributed by atoms with Gasteiger partial charge in [-0.15, -0.1) is 0 Å². The Hall–Kier alpha value is -1.88. The van der Waals surface area contributed by atoms with E-state index in [1.54, 1.807) is 0 Å². The molecular weight excluding hydrogens is 270 g/mol. The standard InChI is InChI=1S/C16H19NO4/c1-8-3-4-10(7-9(8)2)17-15(18)13-11-5-6-12(21-11)14(13)16(19)20/h3-4,7,11-14H,5-6H2,1-2H3,(H,17,18)(H,19,20)/t11-,12-,13-,14+/m1/s1. The number of carboxylic acid groups (broad SMARTS) is 1. The molecule has 1 aromatic rings. The van der Waals surface area contributed by atoms with Gasteiger partial charge >= 0.3 is 5.97 Å². The van der Waals surface area contributed by atoms with Crippen LogP contribution in [0.1, 0.15) is 24.0 Å². The highest BCUT2D eigenvalue weighted by molar-refractivity contribution is 5.96. The van der Waals surface area contributed by atoms with Crippen molar-refractivity contribution < 1.29 is 19.4 Å². The smallest absolute Gasteiger partial charge is 0.310 e. The Balaban J connectivity index is 1.78. The molecule has 1 amide bonds. The molecule has 3 rings (SSSR count). The van der Waals surface area contributed by atoms with Gasteiger partial charge in [-0.1, -0.05) is 6.07 Å². The Bertz CT molecular complexity index is 598. The molecular formula is C16H19NO4. The van der Waals surface area contributed by atoms with Gasteiger partial charge in [0.1, 0.15) is 0 Å². The van der Waals surface area contributed by atoms with Crippen LogP contribution in [0.5, 0.6) is 0 Å². The molecule has 2 aliphatic heterocycles. The number of hydrogen-bond acceptors (Lipinski definition) is 3. The zero-order valence-electron chi connectivity index (χ0n) is 12.1. The first-order valence-electron chi connectivity index (χ1n) is 7.24. The second-order valence-electron chi connectivity index (χ2n) is 5.97. The van der Waals surface area contributed by atoms with E-state index in [1.165, 1.54) is 0 Å². The molecule has 4 atom stereocenters. The average Bonchev–Trinajstić information content (AvgIpc) is 3.03. The first kappa shape index (κ1) is 14.1. The number of amides is 1. The minimum atomic E-state index is -0.942. The summed E-state index contributed by atoms with van der Waals surface area (Å²) in [7, 11) is 0. The highest BCUT2D eigenvalue weighted by Gasteiger charge is 2.55. The minimum Gasteiger partial charge on any atom is -0.481 e. The summed E-state index contributed by atoms with van der Waals surface area (Å²) in [6, 6.07) is 5.68. The van der Waals surface area contributed by atoms with Crippen molar-refractivity contribution in [3.05, 3.63) is 29.3 Å². The minimum absolute atomic E-state index is 0.252. The number of benzene rings is 1. The number of aryl methyl sites for hydroxylation is 2. The van der Waals surface area contributed by atoms with Crippen molar-refractivity contribution in [2.24, 2.45) is 11.8 Å². The summed E-state index contributed by atoms with van der Waals surface area (Å²) < 4.78 is 5.62. The van der Waals surface area contributed by atoms with E-state index in [0.29, 0.717) is 5.69 Å². The van der Waals surface area contributed by atoms with Crippen molar-refractivity contribution in [3.8, 4) is 0 Å². The van der Waals surface area contributed by atoms with Gasteiger partial charge in [0.2, 0.25) is 5.91 Å². The first-order valence-corrected chi connectivity index (χ1v) is 7.24. The van der Waals surface area contributed by atoms with E-state index in [1.807, 2.05) is 32.0 Å². The van der Waals surface area contributed by atoms with Crippen LogP contribution in [-0.4, -0.2) is 29.2 Å². The normalized spacial score (nSPS) is 30.4. The van der Waals surface area contributed by atoms with E-state index in [0.717, 1.165) is 24.0 Å². The maximum Gasteiger partial charge on any atom is 0.310 e. The van der Waals surface area contributed by atoms with Gasteiger partial charge in [-0.05, 0) is 49.9 Å². The number of carbonyl (C=O) groups excluding carboxylic acids is 1. The Morgan fingerprint density at radius 1 is 1.14 bits per heavy atom. The zero-order valence-corrected chi connectivity index (χ0v) is 12.1. The van der Waals surface area contributed by atoms with E-state index in [-0.39, 0.29) is 18.1 Å². The van der Waals surface area contributed by atoms with E-state index in [2.05, 4.69) is 5.32 Å². The average molecular weight is 289 g/mol. The summed E-state index contributed by atoms with van der Waals surface area (Å²) in [4.78, 5) is 23.9. The molecule has 5 heteroatoms. The summed E-state index contributed by atoms with van der Waals surface area (Å²) in [5, 5.41) is 12.2. The molecule has 0 unspecified atom stereocenters. The number of aliphatic carboxylic acids is 1. The molecule has 2 N–H and O–H groups in total. The Morgan fingerprint density at radius 2 is 1.81 bits per heavy atom. The zero-order chi connectivity index (χ0) is 15.1. The number of hydrogen-bond donors (Lipinski definition) is 2. The molecule has 0 radical (unpaired) electrons. The molecule has 5 nitrogen and oxygen atoms in total. The fourth-order valence-corrected chi connectivity index (χ4v) is 3.37. The quantitative estimate of drug-likeness (QED) is 0.893. The van der Waals surface area contributed by atoms with E-state index in [4.69, 9.17) is 4.74 Å². The molecule has 0 aromatic heterocycles. The van der Waals surface area contributed by atoms with Crippen LogP contribution in [0.15, 0.2) is 18.2 Å².